The second kappa shape index (κ2) is 21.4. The third-order valence-electron chi connectivity index (χ3n) is 12.6. The Balaban J connectivity index is 1.19. The lowest BCUT2D eigenvalue weighted by Crippen LogP contribution is -1.99. The molecule has 2 aromatic carbocycles. The molecule has 0 aliphatic rings. The lowest BCUT2D eigenvalue weighted by molar-refractivity contribution is 0.600. The lowest BCUT2D eigenvalue weighted by Gasteiger charge is -2.11. The number of nitrogens with zero attached hydrogens (tertiary/aromatic N) is 2. The molecule has 0 radical (unpaired) electrons. The topological polar surface area (TPSA) is 9.86 Å². The Kier molecular flexibility index (Phi) is 15.5. The van der Waals surface area contributed by atoms with E-state index in [0.717, 1.165) is 107 Å². The number of aryl methyl sites for hydroxylation is 4. The zero-order valence-corrected chi connectivity index (χ0v) is 40.6. The van der Waals surface area contributed by atoms with Crippen LogP contribution in [0.4, 0.5) is 8.78 Å². The van der Waals surface area contributed by atoms with Gasteiger partial charge in [0.05, 0.1) is 22.1 Å². The third kappa shape index (κ3) is 9.89. The first kappa shape index (κ1) is 45.0. The van der Waals surface area contributed by atoms with E-state index in [1.165, 1.54) is 93.5 Å². The van der Waals surface area contributed by atoms with Gasteiger partial charge in [0.25, 0.3) is 0 Å². The number of aromatic nitrogens is 2. The molecule has 8 heteroatoms. The van der Waals surface area contributed by atoms with E-state index in [1.54, 1.807) is 34.8 Å². The highest BCUT2D eigenvalue weighted by atomic mass is 32.1. The molecule has 0 bridgehead atoms. The van der Waals surface area contributed by atoms with Gasteiger partial charge in [0.1, 0.15) is 11.6 Å². The number of thiophene rings is 4. The van der Waals surface area contributed by atoms with Gasteiger partial charge in [-0.1, -0.05) is 105 Å². The normalized spacial score (nSPS) is 12.0. The molecule has 0 saturated carbocycles. The van der Waals surface area contributed by atoms with Gasteiger partial charge < -0.3 is 9.13 Å². The number of hydrogen-bond donors (Lipinski definition) is 0. The predicted molar refractivity (Wildman–Crippen MR) is 272 cm³/mol. The summed E-state index contributed by atoms with van der Waals surface area (Å²) in [5.74, 6) is -0.394. The molecule has 0 N–H and O–H groups in total. The SMILES string of the molecule is CCCCCCc1ccc(-c2ccc(-c3cc4c(cc3F)c3c(c5cc(F)c(-c6ccc(-c7ccc(CCCCCC)s7)s6)cc5n3CCCCCC)n4CCCCCC)s2)s1. The van der Waals surface area contributed by atoms with Gasteiger partial charge in [0, 0.05) is 74.0 Å². The first-order valence-electron chi connectivity index (χ1n) is 23.8. The molecule has 0 atom stereocenters. The van der Waals surface area contributed by atoms with Crippen LogP contribution in [0.2, 0.25) is 0 Å². The molecule has 6 heterocycles. The average Bonchev–Trinajstić information content (AvgIpc) is 4.14. The summed E-state index contributed by atoms with van der Waals surface area (Å²) >= 11 is 7.12. The molecular formula is C54H64F2N2S4. The van der Waals surface area contributed by atoms with E-state index in [0.29, 0.717) is 11.1 Å². The maximum atomic E-state index is 16.8. The Bertz CT molecular complexity index is 2510. The van der Waals surface area contributed by atoms with Crippen LogP contribution in [-0.2, 0) is 25.9 Å². The van der Waals surface area contributed by atoms with Crippen molar-refractivity contribution < 1.29 is 8.78 Å². The van der Waals surface area contributed by atoms with Gasteiger partial charge in [0.15, 0.2) is 0 Å². The summed E-state index contributed by atoms with van der Waals surface area (Å²) in [5.41, 5.74) is 5.46. The Labute approximate surface area is 384 Å². The molecule has 2 nitrogen and oxygen atoms in total. The summed E-state index contributed by atoms with van der Waals surface area (Å²) in [4.78, 5) is 9.66. The molecule has 0 fully saturated rings. The predicted octanol–water partition coefficient (Wildman–Crippen LogP) is 19.3. The molecule has 0 aliphatic heterocycles. The largest absolute Gasteiger partial charge is 0.339 e. The maximum Gasteiger partial charge on any atom is 0.132 e. The number of rotatable bonds is 24. The van der Waals surface area contributed by atoms with E-state index in [4.69, 9.17) is 0 Å². The Hall–Kier alpha value is -3.56. The second-order valence-electron chi connectivity index (χ2n) is 17.3. The summed E-state index contributed by atoms with van der Waals surface area (Å²) in [7, 11) is 0. The molecule has 0 amide bonds. The van der Waals surface area contributed by atoms with Crippen molar-refractivity contribution >= 4 is 78.2 Å². The number of hydrogen-bond acceptors (Lipinski definition) is 4. The summed E-state index contributed by atoms with van der Waals surface area (Å²) in [6.07, 6.45) is 21.3. The fraction of sp³-hybridized carbons (Fsp3) is 0.444. The first-order valence-corrected chi connectivity index (χ1v) is 27.0. The summed E-state index contributed by atoms with van der Waals surface area (Å²) in [6.45, 7) is 10.6. The minimum atomic E-state index is -0.197. The molecule has 8 aromatic rings. The number of unbranched alkanes of at least 4 members (excludes halogenated alkanes) is 12. The van der Waals surface area contributed by atoms with Crippen molar-refractivity contribution in [2.75, 3.05) is 0 Å². The first-order chi connectivity index (χ1) is 30.4. The van der Waals surface area contributed by atoms with Gasteiger partial charge in [-0.2, -0.15) is 0 Å². The van der Waals surface area contributed by atoms with Gasteiger partial charge >= 0.3 is 0 Å². The van der Waals surface area contributed by atoms with Gasteiger partial charge in [-0.15, -0.1) is 45.3 Å². The second-order valence-corrected chi connectivity index (χ2v) is 21.8. The van der Waals surface area contributed by atoms with Crippen LogP contribution >= 0.6 is 45.3 Å². The van der Waals surface area contributed by atoms with Gasteiger partial charge in [-0.25, -0.2) is 8.78 Å². The molecule has 6 aromatic heterocycles. The Morgan fingerprint density at radius 3 is 1.15 bits per heavy atom. The summed E-state index contributed by atoms with van der Waals surface area (Å²) < 4.78 is 38.4. The van der Waals surface area contributed by atoms with Crippen LogP contribution in [-0.4, -0.2) is 9.13 Å². The quantitative estimate of drug-likeness (QED) is 0.0535. The van der Waals surface area contributed by atoms with Crippen molar-refractivity contribution in [3.8, 4) is 40.4 Å². The van der Waals surface area contributed by atoms with Crippen LogP contribution in [0.1, 0.15) is 140 Å². The van der Waals surface area contributed by atoms with E-state index in [-0.39, 0.29) is 11.6 Å². The zero-order chi connectivity index (χ0) is 43.0. The molecule has 8 rings (SSSR count). The Morgan fingerprint density at radius 2 is 0.742 bits per heavy atom. The highest BCUT2D eigenvalue weighted by Gasteiger charge is 2.25. The van der Waals surface area contributed by atoms with Crippen molar-refractivity contribution in [1.82, 2.24) is 9.13 Å². The van der Waals surface area contributed by atoms with Gasteiger partial charge in [-0.3, -0.25) is 0 Å². The zero-order valence-electron chi connectivity index (χ0n) is 37.4. The highest BCUT2D eigenvalue weighted by molar-refractivity contribution is 7.24. The van der Waals surface area contributed by atoms with Crippen molar-refractivity contribution in [2.24, 2.45) is 0 Å². The van der Waals surface area contributed by atoms with Crippen LogP contribution in [0.15, 0.2) is 72.8 Å². The van der Waals surface area contributed by atoms with Crippen molar-refractivity contribution in [1.29, 1.82) is 0 Å². The van der Waals surface area contributed by atoms with Crippen molar-refractivity contribution in [2.45, 2.75) is 156 Å². The highest BCUT2D eigenvalue weighted by Crippen LogP contribution is 2.46. The van der Waals surface area contributed by atoms with E-state index in [2.05, 4.69) is 97.5 Å². The van der Waals surface area contributed by atoms with Crippen molar-refractivity contribution in [3.05, 3.63) is 94.2 Å². The maximum absolute atomic E-state index is 16.8. The Morgan fingerprint density at radius 1 is 0.387 bits per heavy atom. The molecule has 0 aliphatic carbocycles. The molecule has 0 spiro atoms. The fourth-order valence-electron chi connectivity index (χ4n) is 9.20. The van der Waals surface area contributed by atoms with E-state index in [1.807, 2.05) is 22.7 Å². The van der Waals surface area contributed by atoms with Gasteiger partial charge in [0.2, 0.25) is 0 Å². The van der Waals surface area contributed by atoms with E-state index >= 15 is 8.78 Å². The minimum absolute atomic E-state index is 0.197. The van der Waals surface area contributed by atoms with Crippen LogP contribution in [0.3, 0.4) is 0 Å². The van der Waals surface area contributed by atoms with Crippen LogP contribution in [0, 0.1) is 11.6 Å². The van der Waals surface area contributed by atoms with E-state index < -0.39 is 0 Å². The van der Waals surface area contributed by atoms with E-state index in [9.17, 15) is 0 Å². The van der Waals surface area contributed by atoms with Crippen LogP contribution in [0.25, 0.3) is 73.2 Å². The number of benzene rings is 2. The van der Waals surface area contributed by atoms with Crippen LogP contribution in [0.5, 0.6) is 0 Å². The standard InChI is InChI=1S/C54H64F2N2S4/c1-5-9-13-17-21-37-23-25-49(59-37)51-29-27-47(61-51)39-35-45-41(33-43(39)55)53-54(57(45)31-19-15-11-7-3)42-34-44(56)40(36-46(42)58(53)32-20-16-12-8-4)48-28-30-52(62-48)50-26-24-38(60-50)22-18-14-10-6-2/h23-30,33-36H,5-22,31-32H2,1-4H3. The van der Waals surface area contributed by atoms with Crippen molar-refractivity contribution in [3.63, 3.8) is 0 Å². The number of fused-ring (bicyclic) bond motifs is 5. The lowest BCUT2D eigenvalue weighted by atomic mass is 10.1. The molecule has 62 heavy (non-hydrogen) atoms. The third-order valence-corrected chi connectivity index (χ3v) is 17.5. The van der Waals surface area contributed by atoms with Gasteiger partial charge in [-0.05, 0) is 111 Å². The monoisotopic (exact) mass is 906 g/mol. The molecule has 0 saturated heterocycles. The average molecular weight is 907 g/mol. The fourth-order valence-corrected chi connectivity index (χ4v) is 13.5. The molecule has 0 unspecified atom stereocenters. The summed E-state index contributed by atoms with van der Waals surface area (Å²) in [6, 6.07) is 25.3. The molecular weight excluding hydrogens is 843 g/mol. The minimum Gasteiger partial charge on any atom is -0.339 e. The van der Waals surface area contributed by atoms with Crippen LogP contribution < -0.4 is 0 Å². The smallest absolute Gasteiger partial charge is 0.132 e. The summed E-state index contributed by atoms with van der Waals surface area (Å²) in [5, 5.41) is 1.85. The number of halogens is 2. The molecule has 328 valence electrons.